The first kappa shape index (κ1) is 14.6. The van der Waals surface area contributed by atoms with Crippen LogP contribution in [0.25, 0.3) is 11.0 Å². The highest BCUT2D eigenvalue weighted by Crippen LogP contribution is 2.19. The molecule has 0 aliphatic heterocycles. The van der Waals surface area contributed by atoms with Gasteiger partial charge in [0.1, 0.15) is 0 Å². The van der Waals surface area contributed by atoms with E-state index in [0.29, 0.717) is 5.75 Å². The third-order valence-electron chi connectivity index (χ3n) is 3.22. The smallest absolute Gasteiger partial charge is 0.234 e. The van der Waals surface area contributed by atoms with Gasteiger partial charge in [-0.1, -0.05) is 30.8 Å². The number of aryl methyl sites for hydroxylation is 1. The molecule has 0 spiro atoms. The molecule has 6 heteroatoms. The Morgan fingerprint density at radius 3 is 3.09 bits per heavy atom. The molecular weight excluding hydrogens is 296 g/mol. The lowest BCUT2D eigenvalue weighted by molar-refractivity contribution is -0.113. The maximum Gasteiger partial charge on any atom is 0.234 e. The van der Waals surface area contributed by atoms with Crippen molar-refractivity contribution in [2.45, 2.75) is 18.5 Å². The highest BCUT2D eigenvalue weighted by Gasteiger charge is 2.07. The van der Waals surface area contributed by atoms with Gasteiger partial charge in [-0.25, -0.2) is 4.98 Å². The molecule has 22 heavy (non-hydrogen) atoms. The number of anilines is 1. The standard InChI is InChI=1S/C16H16N4OS/c1-2-11-4-3-5-12(8-11)18-15(21)10-22-16-19-13-6-7-17-9-14(13)20-16/h3-9H,2,10H2,1H3,(H,18,21)(H,19,20). The molecule has 0 unspecified atom stereocenters. The molecule has 5 nitrogen and oxygen atoms in total. The van der Waals surface area contributed by atoms with Crippen molar-refractivity contribution >= 4 is 34.4 Å². The van der Waals surface area contributed by atoms with Crippen LogP contribution >= 0.6 is 11.8 Å². The number of thioether (sulfide) groups is 1. The molecule has 2 aromatic heterocycles. The number of imidazole rings is 1. The van der Waals surface area contributed by atoms with E-state index in [-0.39, 0.29) is 5.91 Å². The first-order valence-electron chi connectivity index (χ1n) is 7.06. The van der Waals surface area contributed by atoms with Crippen molar-refractivity contribution in [1.29, 1.82) is 0 Å². The van der Waals surface area contributed by atoms with Gasteiger partial charge in [0, 0.05) is 11.9 Å². The molecule has 0 aliphatic carbocycles. The minimum Gasteiger partial charge on any atom is -0.332 e. The summed E-state index contributed by atoms with van der Waals surface area (Å²) in [5.74, 6) is 0.265. The van der Waals surface area contributed by atoms with E-state index in [9.17, 15) is 4.79 Å². The Balaban J connectivity index is 1.59. The van der Waals surface area contributed by atoms with Crippen LogP contribution in [0.15, 0.2) is 47.9 Å². The largest absolute Gasteiger partial charge is 0.332 e. The molecule has 1 aromatic carbocycles. The fourth-order valence-corrected chi connectivity index (χ4v) is 2.79. The molecule has 2 heterocycles. The molecule has 0 bridgehead atoms. The predicted molar refractivity (Wildman–Crippen MR) is 89.1 cm³/mol. The van der Waals surface area contributed by atoms with Gasteiger partial charge in [-0.05, 0) is 30.2 Å². The average Bonchev–Trinajstić information content (AvgIpc) is 2.96. The van der Waals surface area contributed by atoms with Crippen LogP contribution < -0.4 is 5.32 Å². The summed E-state index contributed by atoms with van der Waals surface area (Å²) >= 11 is 1.38. The molecule has 3 aromatic rings. The summed E-state index contributed by atoms with van der Waals surface area (Å²) in [6, 6.07) is 9.73. The summed E-state index contributed by atoms with van der Waals surface area (Å²) in [4.78, 5) is 23.6. The number of fused-ring (bicyclic) bond motifs is 1. The van der Waals surface area contributed by atoms with E-state index in [4.69, 9.17) is 0 Å². The number of carbonyl (C=O) groups excluding carboxylic acids is 1. The zero-order valence-electron chi connectivity index (χ0n) is 12.2. The second-order valence-corrected chi connectivity index (χ2v) is 5.79. The lowest BCUT2D eigenvalue weighted by Gasteiger charge is -2.05. The Bertz CT molecular complexity index is 766. The minimum atomic E-state index is -0.0446. The Hall–Kier alpha value is -2.34. The number of nitrogens with zero attached hydrogens (tertiary/aromatic N) is 2. The molecule has 0 aliphatic rings. The van der Waals surface area contributed by atoms with E-state index in [2.05, 4.69) is 27.2 Å². The Labute approximate surface area is 132 Å². The fourth-order valence-electron chi connectivity index (χ4n) is 2.10. The molecule has 0 saturated heterocycles. The first-order valence-corrected chi connectivity index (χ1v) is 8.04. The number of aromatic nitrogens is 3. The van der Waals surface area contributed by atoms with Crippen molar-refractivity contribution in [1.82, 2.24) is 15.0 Å². The molecule has 0 radical (unpaired) electrons. The number of benzene rings is 1. The SMILES string of the molecule is CCc1cccc(NC(=O)CSc2nc3ccncc3[nH]2)c1. The van der Waals surface area contributed by atoms with Gasteiger partial charge in [0.25, 0.3) is 0 Å². The lowest BCUT2D eigenvalue weighted by atomic mass is 10.1. The van der Waals surface area contributed by atoms with Gasteiger partial charge in [0.15, 0.2) is 5.16 Å². The molecule has 2 N–H and O–H groups in total. The number of carbonyl (C=O) groups is 1. The number of rotatable bonds is 5. The van der Waals surface area contributed by atoms with Gasteiger partial charge in [-0.15, -0.1) is 0 Å². The van der Waals surface area contributed by atoms with Crippen molar-refractivity contribution < 1.29 is 4.79 Å². The van der Waals surface area contributed by atoms with E-state index < -0.39 is 0 Å². The van der Waals surface area contributed by atoms with Gasteiger partial charge < -0.3 is 10.3 Å². The number of H-pyrrole nitrogens is 1. The van der Waals surface area contributed by atoms with Crippen molar-refractivity contribution in [3.05, 3.63) is 48.3 Å². The first-order chi connectivity index (χ1) is 10.7. The second kappa shape index (κ2) is 6.62. The normalized spacial score (nSPS) is 10.8. The van der Waals surface area contributed by atoms with E-state index in [1.807, 2.05) is 30.3 Å². The highest BCUT2D eigenvalue weighted by atomic mass is 32.2. The molecule has 0 atom stereocenters. The third kappa shape index (κ3) is 3.46. The van der Waals surface area contributed by atoms with Crippen LogP contribution in [0.1, 0.15) is 12.5 Å². The number of hydrogen-bond acceptors (Lipinski definition) is 4. The average molecular weight is 312 g/mol. The quantitative estimate of drug-likeness (QED) is 0.709. The van der Waals surface area contributed by atoms with Gasteiger partial charge in [-0.3, -0.25) is 9.78 Å². The maximum absolute atomic E-state index is 12.0. The zero-order valence-corrected chi connectivity index (χ0v) is 13.0. The monoisotopic (exact) mass is 312 g/mol. The summed E-state index contributed by atoms with van der Waals surface area (Å²) in [6.45, 7) is 2.09. The van der Waals surface area contributed by atoms with Crippen LogP contribution in [0.3, 0.4) is 0 Å². The van der Waals surface area contributed by atoms with Crippen LogP contribution in [-0.4, -0.2) is 26.6 Å². The second-order valence-electron chi connectivity index (χ2n) is 4.83. The molecular formula is C16H16N4OS. The lowest BCUT2D eigenvalue weighted by Crippen LogP contribution is -2.14. The predicted octanol–water partition coefficient (Wildman–Crippen LogP) is 3.25. The van der Waals surface area contributed by atoms with Crippen LogP contribution in [0.4, 0.5) is 5.69 Å². The summed E-state index contributed by atoms with van der Waals surface area (Å²) in [5, 5.41) is 3.63. The molecule has 3 rings (SSSR count). The number of amides is 1. The van der Waals surface area contributed by atoms with E-state index in [0.717, 1.165) is 28.3 Å². The zero-order chi connectivity index (χ0) is 15.4. The van der Waals surface area contributed by atoms with Crippen molar-refractivity contribution in [3.8, 4) is 0 Å². The molecule has 0 saturated carbocycles. The van der Waals surface area contributed by atoms with Gasteiger partial charge in [0.2, 0.25) is 5.91 Å². The Morgan fingerprint density at radius 1 is 1.36 bits per heavy atom. The van der Waals surface area contributed by atoms with Crippen molar-refractivity contribution in [2.24, 2.45) is 0 Å². The van der Waals surface area contributed by atoms with Gasteiger partial charge in [-0.2, -0.15) is 0 Å². The number of hydrogen-bond donors (Lipinski definition) is 2. The molecule has 1 amide bonds. The third-order valence-corrected chi connectivity index (χ3v) is 4.09. The van der Waals surface area contributed by atoms with E-state index >= 15 is 0 Å². The maximum atomic E-state index is 12.0. The van der Waals surface area contributed by atoms with E-state index in [1.54, 1.807) is 12.4 Å². The minimum absolute atomic E-state index is 0.0446. The van der Waals surface area contributed by atoms with Gasteiger partial charge in [0.05, 0.1) is 23.0 Å². The summed E-state index contributed by atoms with van der Waals surface area (Å²) in [7, 11) is 0. The van der Waals surface area contributed by atoms with Crippen LogP contribution in [-0.2, 0) is 11.2 Å². The number of pyridine rings is 1. The van der Waals surface area contributed by atoms with Crippen molar-refractivity contribution in [3.63, 3.8) is 0 Å². The Morgan fingerprint density at radius 2 is 2.27 bits per heavy atom. The molecule has 112 valence electrons. The number of aromatic amines is 1. The van der Waals surface area contributed by atoms with Crippen molar-refractivity contribution in [2.75, 3.05) is 11.1 Å². The van der Waals surface area contributed by atoms with Crippen LogP contribution in [0.2, 0.25) is 0 Å². The summed E-state index contributed by atoms with van der Waals surface area (Å²) < 4.78 is 0. The number of nitrogens with one attached hydrogen (secondary N) is 2. The fraction of sp³-hybridized carbons (Fsp3) is 0.188. The summed E-state index contributed by atoms with van der Waals surface area (Å²) in [5.41, 5.74) is 3.77. The Kier molecular flexibility index (Phi) is 4.39. The van der Waals surface area contributed by atoms with Crippen LogP contribution in [0, 0.1) is 0 Å². The van der Waals surface area contributed by atoms with Gasteiger partial charge >= 0.3 is 0 Å². The van der Waals surface area contributed by atoms with E-state index in [1.165, 1.54) is 17.3 Å². The molecule has 0 fully saturated rings. The topological polar surface area (TPSA) is 70.7 Å². The summed E-state index contributed by atoms with van der Waals surface area (Å²) in [6.07, 6.45) is 4.37. The van der Waals surface area contributed by atoms with Crippen LogP contribution in [0.5, 0.6) is 0 Å². The highest BCUT2D eigenvalue weighted by molar-refractivity contribution is 7.99.